The van der Waals surface area contributed by atoms with Gasteiger partial charge in [0.05, 0.1) is 8.06 Å². The minimum Gasteiger partial charge on any atom is -0.289 e. The molecule has 3 rings (SSSR count). The van der Waals surface area contributed by atoms with Crippen molar-refractivity contribution in [1.82, 2.24) is 0 Å². The fraction of sp³-hybridized carbons (Fsp3) is 0. The predicted molar refractivity (Wildman–Crippen MR) is 86.1 cm³/mol. The summed E-state index contributed by atoms with van der Waals surface area (Å²) >= 11 is 5.59. The van der Waals surface area contributed by atoms with Crippen LogP contribution in [0.5, 0.6) is 0 Å². The Morgan fingerprint density at radius 1 is 0.833 bits per heavy atom. The summed E-state index contributed by atoms with van der Waals surface area (Å²) in [6, 6.07) is 15.8. The third-order valence-corrected chi connectivity index (χ3v) is 4.01. The SMILES string of the molecule is O=C1/C(=C(/Br)I)c2ccccc2-c2ccccc21. The molecule has 0 heterocycles. The molecule has 0 atom stereocenters. The minimum atomic E-state index is 0.0885. The van der Waals surface area contributed by atoms with E-state index in [9.17, 15) is 4.79 Å². The van der Waals surface area contributed by atoms with Gasteiger partial charge >= 0.3 is 0 Å². The first-order valence-electron chi connectivity index (χ1n) is 5.49. The molecule has 0 saturated heterocycles. The first kappa shape index (κ1) is 12.1. The first-order valence-corrected chi connectivity index (χ1v) is 7.36. The highest BCUT2D eigenvalue weighted by Gasteiger charge is 2.27. The quantitative estimate of drug-likeness (QED) is 0.438. The molecule has 0 radical (unpaired) electrons. The van der Waals surface area contributed by atoms with Crippen LogP contribution in [0.2, 0.25) is 0 Å². The van der Waals surface area contributed by atoms with Gasteiger partial charge in [0.15, 0.2) is 5.78 Å². The molecular weight excluding hydrogens is 403 g/mol. The summed E-state index contributed by atoms with van der Waals surface area (Å²) in [7, 11) is 0. The van der Waals surface area contributed by atoms with Crippen LogP contribution >= 0.6 is 38.5 Å². The Kier molecular flexibility index (Phi) is 3.11. The summed E-state index contributed by atoms with van der Waals surface area (Å²) in [4.78, 5) is 12.5. The molecule has 0 amide bonds. The van der Waals surface area contributed by atoms with Gasteiger partial charge in [0.2, 0.25) is 0 Å². The van der Waals surface area contributed by atoms with Crippen LogP contribution in [-0.2, 0) is 0 Å². The van der Waals surface area contributed by atoms with Crippen molar-refractivity contribution in [1.29, 1.82) is 0 Å². The van der Waals surface area contributed by atoms with E-state index in [4.69, 9.17) is 0 Å². The lowest BCUT2D eigenvalue weighted by Crippen LogP contribution is -2.11. The molecule has 88 valence electrons. The molecular formula is C15H8BrIO. The number of fused-ring (bicyclic) bond motifs is 3. The molecule has 18 heavy (non-hydrogen) atoms. The van der Waals surface area contributed by atoms with Crippen LogP contribution in [0.15, 0.2) is 51.0 Å². The number of hydrogen-bond acceptors (Lipinski definition) is 1. The Labute approximate surface area is 127 Å². The third kappa shape index (κ3) is 1.77. The van der Waals surface area contributed by atoms with Crippen LogP contribution in [0.25, 0.3) is 16.7 Å². The van der Waals surface area contributed by atoms with Gasteiger partial charge in [-0.3, -0.25) is 4.79 Å². The number of carbonyl (C=O) groups excluding carboxylic acids is 1. The van der Waals surface area contributed by atoms with Crippen LogP contribution < -0.4 is 0 Å². The molecule has 0 N–H and O–H groups in total. The number of rotatable bonds is 0. The zero-order chi connectivity index (χ0) is 12.7. The van der Waals surface area contributed by atoms with Crippen molar-refractivity contribution >= 4 is 49.9 Å². The zero-order valence-electron chi connectivity index (χ0n) is 9.28. The lowest BCUT2D eigenvalue weighted by atomic mass is 9.82. The van der Waals surface area contributed by atoms with Gasteiger partial charge < -0.3 is 0 Å². The van der Waals surface area contributed by atoms with E-state index < -0.39 is 0 Å². The molecule has 1 aliphatic carbocycles. The van der Waals surface area contributed by atoms with E-state index in [1.807, 2.05) is 42.5 Å². The summed E-state index contributed by atoms with van der Waals surface area (Å²) in [6.45, 7) is 0. The predicted octanol–water partition coefficient (Wildman–Crippen LogP) is 5.05. The Balaban J connectivity index is 2.43. The van der Waals surface area contributed by atoms with Gasteiger partial charge in [-0.25, -0.2) is 0 Å². The maximum absolute atomic E-state index is 12.5. The van der Waals surface area contributed by atoms with Gasteiger partial charge in [-0.2, -0.15) is 0 Å². The maximum Gasteiger partial charge on any atom is 0.195 e. The van der Waals surface area contributed by atoms with Crippen molar-refractivity contribution in [3.8, 4) is 11.1 Å². The summed E-state index contributed by atoms with van der Waals surface area (Å²) in [5, 5.41) is 0. The van der Waals surface area contributed by atoms with Crippen molar-refractivity contribution in [2.24, 2.45) is 0 Å². The van der Waals surface area contributed by atoms with E-state index in [2.05, 4.69) is 44.6 Å². The van der Waals surface area contributed by atoms with E-state index in [1.54, 1.807) is 0 Å². The normalized spacial score (nSPS) is 16.0. The molecule has 1 aliphatic rings. The standard InChI is InChI=1S/C15H8BrIO/c16-15(17)13-11-7-3-1-5-9(11)10-6-2-4-8-12(10)14(13)18/h1-8H/b15-13-. The van der Waals surface area contributed by atoms with Gasteiger partial charge in [-0.15, -0.1) is 0 Å². The highest BCUT2D eigenvalue weighted by atomic mass is 127. The summed E-state index contributed by atoms with van der Waals surface area (Å²) < 4.78 is 0.854. The van der Waals surface area contributed by atoms with Gasteiger partial charge in [-0.05, 0) is 55.2 Å². The van der Waals surface area contributed by atoms with Gasteiger partial charge in [0.1, 0.15) is 0 Å². The number of hydrogen-bond donors (Lipinski definition) is 0. The molecule has 0 saturated carbocycles. The number of ketones is 1. The molecule has 1 nitrogen and oxygen atoms in total. The molecule has 0 spiro atoms. The molecule has 3 heteroatoms. The van der Waals surface area contributed by atoms with Gasteiger partial charge in [0, 0.05) is 5.56 Å². The molecule has 2 aromatic rings. The number of allylic oxidation sites excluding steroid dienone is 1. The minimum absolute atomic E-state index is 0.0885. The zero-order valence-corrected chi connectivity index (χ0v) is 13.0. The van der Waals surface area contributed by atoms with E-state index in [1.165, 1.54) is 0 Å². The smallest absolute Gasteiger partial charge is 0.195 e. The largest absolute Gasteiger partial charge is 0.289 e. The molecule has 0 aliphatic heterocycles. The first-order chi connectivity index (χ1) is 8.70. The molecule has 0 unspecified atom stereocenters. The fourth-order valence-electron chi connectivity index (χ4n) is 2.30. The summed E-state index contributed by atoms with van der Waals surface area (Å²) in [5.74, 6) is 0.0885. The number of Topliss-reactive ketones (excluding diaryl/α,β-unsaturated/α-hetero) is 1. The van der Waals surface area contributed by atoms with Crippen LogP contribution in [0.3, 0.4) is 0 Å². The Morgan fingerprint density at radius 3 is 1.83 bits per heavy atom. The van der Waals surface area contributed by atoms with Gasteiger partial charge in [0.25, 0.3) is 0 Å². The van der Waals surface area contributed by atoms with E-state index >= 15 is 0 Å². The van der Waals surface area contributed by atoms with Crippen molar-refractivity contribution in [3.05, 3.63) is 62.1 Å². The molecule has 0 fully saturated rings. The second-order valence-corrected chi connectivity index (χ2v) is 7.41. The van der Waals surface area contributed by atoms with Crippen molar-refractivity contribution in [3.63, 3.8) is 0 Å². The van der Waals surface area contributed by atoms with Crippen LogP contribution in [0.1, 0.15) is 15.9 Å². The molecule has 0 aromatic heterocycles. The summed E-state index contributed by atoms with van der Waals surface area (Å²) in [5.41, 5.74) is 4.68. The van der Waals surface area contributed by atoms with E-state index in [0.29, 0.717) is 0 Å². The van der Waals surface area contributed by atoms with Crippen LogP contribution in [-0.4, -0.2) is 5.78 Å². The average Bonchev–Trinajstić information content (AvgIpc) is 2.39. The van der Waals surface area contributed by atoms with Crippen molar-refractivity contribution in [2.75, 3.05) is 0 Å². The summed E-state index contributed by atoms with van der Waals surface area (Å²) in [6.07, 6.45) is 0. The highest BCUT2D eigenvalue weighted by molar-refractivity contribution is 14.1. The molecule has 2 aromatic carbocycles. The topological polar surface area (TPSA) is 17.1 Å². The molecule has 0 bridgehead atoms. The Hall–Kier alpha value is -0.940. The number of benzene rings is 2. The second-order valence-electron chi connectivity index (χ2n) is 4.06. The van der Waals surface area contributed by atoms with Crippen molar-refractivity contribution in [2.45, 2.75) is 0 Å². The fourth-order valence-corrected chi connectivity index (χ4v) is 3.23. The highest BCUT2D eigenvalue weighted by Crippen LogP contribution is 2.42. The lowest BCUT2D eigenvalue weighted by Gasteiger charge is -2.21. The van der Waals surface area contributed by atoms with E-state index in [-0.39, 0.29) is 5.78 Å². The number of halogens is 2. The lowest BCUT2D eigenvalue weighted by molar-refractivity contribution is 0.105. The number of carbonyl (C=O) groups is 1. The third-order valence-electron chi connectivity index (χ3n) is 3.07. The Bertz CT molecular complexity index is 684. The van der Waals surface area contributed by atoms with Crippen LogP contribution in [0.4, 0.5) is 0 Å². The van der Waals surface area contributed by atoms with Gasteiger partial charge in [-0.1, -0.05) is 48.5 Å². The Morgan fingerprint density at radius 2 is 1.28 bits per heavy atom. The average molecular weight is 411 g/mol. The second kappa shape index (κ2) is 4.63. The maximum atomic E-state index is 12.5. The van der Waals surface area contributed by atoms with E-state index in [0.717, 1.165) is 30.3 Å². The van der Waals surface area contributed by atoms with Crippen LogP contribution in [0, 0.1) is 0 Å². The monoisotopic (exact) mass is 410 g/mol. The van der Waals surface area contributed by atoms with Crippen molar-refractivity contribution < 1.29 is 4.79 Å².